The van der Waals surface area contributed by atoms with E-state index in [9.17, 15) is 13.2 Å². The van der Waals surface area contributed by atoms with Crippen LogP contribution in [0.25, 0.3) is 22.9 Å². The molecule has 0 bridgehead atoms. The lowest BCUT2D eigenvalue weighted by atomic mass is 10.2. The van der Waals surface area contributed by atoms with E-state index in [2.05, 4.69) is 14.8 Å². The van der Waals surface area contributed by atoms with E-state index >= 15 is 0 Å². The summed E-state index contributed by atoms with van der Waals surface area (Å²) in [5.41, 5.74) is 3.27. The molecule has 0 atom stereocenters. The van der Waals surface area contributed by atoms with Crippen LogP contribution in [0, 0.1) is 19.8 Å². The minimum Gasteiger partial charge on any atom is -0.285 e. The summed E-state index contributed by atoms with van der Waals surface area (Å²) in [5.74, 6) is 0.392. The number of nitrogens with one attached hydrogen (secondary N) is 2. The van der Waals surface area contributed by atoms with Gasteiger partial charge in [-0.2, -0.15) is 18.2 Å². The van der Waals surface area contributed by atoms with Gasteiger partial charge in [0.1, 0.15) is 11.5 Å². The summed E-state index contributed by atoms with van der Waals surface area (Å²) in [6.07, 6.45) is 8.51. The number of fused-ring (bicyclic) bond motifs is 1. The molecule has 3 aromatic heterocycles. The van der Waals surface area contributed by atoms with Gasteiger partial charge in [0.2, 0.25) is 0 Å². The second-order valence-electron chi connectivity index (χ2n) is 7.60. The third-order valence-electron chi connectivity index (χ3n) is 5.12. The molecule has 1 aliphatic rings. The van der Waals surface area contributed by atoms with Crippen molar-refractivity contribution < 1.29 is 13.2 Å². The second kappa shape index (κ2) is 7.69. The second-order valence-corrected chi connectivity index (χ2v) is 9.10. The van der Waals surface area contributed by atoms with Crippen LogP contribution in [0.2, 0.25) is 0 Å². The zero-order valence-corrected chi connectivity index (χ0v) is 17.9. The smallest absolute Gasteiger partial charge is 0.285 e. The molecule has 4 rings (SSSR count). The fourth-order valence-electron chi connectivity index (χ4n) is 3.44. The van der Waals surface area contributed by atoms with E-state index < -0.39 is 16.1 Å². The number of carbonyl (C=O) groups excluding carboxylic acids is 1. The molecule has 0 spiro atoms. The molecule has 1 amide bonds. The van der Waals surface area contributed by atoms with Crippen molar-refractivity contribution in [3.05, 3.63) is 47.4 Å². The van der Waals surface area contributed by atoms with Crippen LogP contribution in [0.1, 0.15) is 29.7 Å². The predicted molar refractivity (Wildman–Crippen MR) is 114 cm³/mol. The fourth-order valence-corrected chi connectivity index (χ4v) is 4.30. The monoisotopic (exact) mass is 428 g/mol. The van der Waals surface area contributed by atoms with E-state index in [0.29, 0.717) is 23.7 Å². The van der Waals surface area contributed by atoms with Crippen molar-refractivity contribution in [2.24, 2.45) is 13.0 Å². The molecule has 0 aliphatic heterocycles. The lowest BCUT2D eigenvalue weighted by Crippen LogP contribution is -2.40. The average molecular weight is 429 g/mol. The highest BCUT2D eigenvalue weighted by Gasteiger charge is 2.24. The molecule has 3 heterocycles. The van der Waals surface area contributed by atoms with E-state index in [-0.39, 0.29) is 0 Å². The van der Waals surface area contributed by atoms with Crippen LogP contribution in [0.3, 0.4) is 0 Å². The van der Waals surface area contributed by atoms with Crippen molar-refractivity contribution in [1.29, 1.82) is 0 Å². The SMILES string of the molecule is Cc1nn(C)c(-n2cc(C)c3cccnc32)c1/C=C/C(=O)NS(=O)(=O)NCC1CC1. The first-order chi connectivity index (χ1) is 14.2. The third-order valence-corrected chi connectivity index (χ3v) is 6.14. The number of rotatable bonds is 7. The predicted octanol–water partition coefficient (Wildman–Crippen LogP) is 1.75. The van der Waals surface area contributed by atoms with E-state index in [4.69, 9.17) is 0 Å². The van der Waals surface area contributed by atoms with E-state index in [0.717, 1.165) is 35.3 Å². The molecule has 3 aromatic rings. The minimum absolute atomic E-state index is 0.352. The molecule has 1 saturated carbocycles. The average Bonchev–Trinajstić information content (AvgIpc) is 3.40. The Morgan fingerprint density at radius 1 is 1.33 bits per heavy atom. The van der Waals surface area contributed by atoms with Crippen molar-refractivity contribution in [3.8, 4) is 5.82 Å². The molecular formula is C20H24N6O3S. The highest BCUT2D eigenvalue weighted by atomic mass is 32.2. The molecule has 0 unspecified atom stereocenters. The van der Waals surface area contributed by atoms with Crippen molar-refractivity contribution >= 4 is 33.2 Å². The van der Waals surface area contributed by atoms with Gasteiger partial charge in [0.15, 0.2) is 0 Å². The summed E-state index contributed by atoms with van der Waals surface area (Å²) in [5, 5.41) is 5.49. The summed E-state index contributed by atoms with van der Waals surface area (Å²) in [4.78, 5) is 16.7. The number of aryl methyl sites for hydroxylation is 3. The van der Waals surface area contributed by atoms with Gasteiger partial charge < -0.3 is 0 Å². The van der Waals surface area contributed by atoms with Crippen molar-refractivity contribution in [2.75, 3.05) is 6.54 Å². The molecule has 1 fully saturated rings. The van der Waals surface area contributed by atoms with Crippen molar-refractivity contribution in [1.82, 2.24) is 28.8 Å². The van der Waals surface area contributed by atoms with Gasteiger partial charge in [-0.3, -0.25) is 14.0 Å². The van der Waals surface area contributed by atoms with Crippen LogP contribution in [-0.2, 0) is 22.1 Å². The molecule has 0 radical (unpaired) electrons. The maximum absolute atomic E-state index is 12.2. The minimum atomic E-state index is -3.87. The van der Waals surface area contributed by atoms with Gasteiger partial charge in [0, 0.05) is 43.0 Å². The number of nitrogens with zero attached hydrogens (tertiary/aromatic N) is 4. The topological polar surface area (TPSA) is 111 Å². The first kappa shape index (κ1) is 20.3. The highest BCUT2D eigenvalue weighted by molar-refractivity contribution is 7.88. The molecular weight excluding hydrogens is 404 g/mol. The Kier molecular flexibility index (Phi) is 5.20. The first-order valence-corrected chi connectivity index (χ1v) is 11.2. The Labute approximate surface area is 175 Å². The number of amides is 1. The summed E-state index contributed by atoms with van der Waals surface area (Å²) >= 11 is 0. The Balaban J connectivity index is 1.61. The number of hydrogen-bond donors (Lipinski definition) is 2. The first-order valence-electron chi connectivity index (χ1n) is 9.71. The van der Waals surface area contributed by atoms with Gasteiger partial charge in [-0.05, 0) is 56.4 Å². The number of carbonyl (C=O) groups is 1. The normalized spacial score (nSPS) is 14.6. The van der Waals surface area contributed by atoms with E-state index in [1.54, 1.807) is 17.0 Å². The molecule has 1 aliphatic carbocycles. The largest absolute Gasteiger partial charge is 0.301 e. The van der Waals surface area contributed by atoms with Crippen molar-refractivity contribution in [2.45, 2.75) is 26.7 Å². The van der Waals surface area contributed by atoms with Gasteiger partial charge in [0.05, 0.1) is 5.69 Å². The maximum atomic E-state index is 12.2. The van der Waals surface area contributed by atoms with Crippen LogP contribution in [-0.4, -0.2) is 40.2 Å². The zero-order valence-electron chi connectivity index (χ0n) is 17.1. The Morgan fingerprint density at radius 2 is 2.10 bits per heavy atom. The number of pyridine rings is 1. The van der Waals surface area contributed by atoms with Gasteiger partial charge in [-0.25, -0.2) is 9.71 Å². The van der Waals surface area contributed by atoms with Gasteiger partial charge in [-0.15, -0.1) is 0 Å². The lowest BCUT2D eigenvalue weighted by Gasteiger charge is -2.07. The molecule has 158 valence electrons. The van der Waals surface area contributed by atoms with Crippen molar-refractivity contribution in [3.63, 3.8) is 0 Å². The van der Waals surface area contributed by atoms with Crippen LogP contribution in [0.4, 0.5) is 0 Å². The Bertz CT molecular complexity index is 1250. The van der Waals surface area contributed by atoms with E-state index in [1.165, 1.54) is 6.08 Å². The third kappa shape index (κ3) is 4.14. The summed E-state index contributed by atoms with van der Waals surface area (Å²) in [6, 6.07) is 3.89. The molecule has 0 saturated heterocycles. The summed E-state index contributed by atoms with van der Waals surface area (Å²) in [6.45, 7) is 4.19. The van der Waals surface area contributed by atoms with Gasteiger partial charge in [0.25, 0.3) is 5.91 Å². The van der Waals surface area contributed by atoms with Crippen LogP contribution < -0.4 is 9.44 Å². The maximum Gasteiger partial charge on any atom is 0.301 e. The van der Waals surface area contributed by atoms with Gasteiger partial charge in [-0.1, -0.05) is 0 Å². The number of hydrogen-bond acceptors (Lipinski definition) is 5. The molecule has 2 N–H and O–H groups in total. The highest BCUT2D eigenvalue weighted by Crippen LogP contribution is 2.28. The van der Waals surface area contributed by atoms with Crippen LogP contribution >= 0.6 is 0 Å². The van der Waals surface area contributed by atoms with Crippen LogP contribution in [0.5, 0.6) is 0 Å². The lowest BCUT2D eigenvalue weighted by molar-refractivity contribution is -0.114. The number of aromatic nitrogens is 4. The molecule has 0 aromatic carbocycles. The molecule has 30 heavy (non-hydrogen) atoms. The fraction of sp³-hybridized carbons (Fsp3) is 0.350. The molecule has 9 nitrogen and oxygen atoms in total. The Hall–Kier alpha value is -2.98. The summed E-state index contributed by atoms with van der Waals surface area (Å²) < 4.78 is 32.0. The zero-order chi connectivity index (χ0) is 21.5. The van der Waals surface area contributed by atoms with Gasteiger partial charge >= 0.3 is 10.2 Å². The standard InChI is InChI=1S/C20H24N6O3S/c1-13-12-26(19-16(13)5-4-10-21-19)20-17(14(2)23-25(20)3)8-9-18(27)24-30(28,29)22-11-15-6-7-15/h4-5,8-10,12,15,22H,6-7,11H2,1-3H3,(H,24,27)/b9-8+. The Morgan fingerprint density at radius 3 is 2.83 bits per heavy atom. The summed E-state index contributed by atoms with van der Waals surface area (Å²) in [7, 11) is -2.05. The van der Waals surface area contributed by atoms with E-state index in [1.807, 2.05) is 48.5 Å². The molecule has 10 heteroatoms. The quantitative estimate of drug-likeness (QED) is 0.557. The van der Waals surface area contributed by atoms with Crippen LogP contribution in [0.15, 0.2) is 30.6 Å².